The summed E-state index contributed by atoms with van der Waals surface area (Å²) in [5.74, 6) is 0. The molecule has 0 bridgehead atoms. The molecule has 0 fully saturated rings. The third kappa shape index (κ3) is 10.1. The maximum absolute atomic E-state index is 9.94. The van der Waals surface area contributed by atoms with E-state index in [1.165, 1.54) is 0 Å². The van der Waals surface area contributed by atoms with Gasteiger partial charge in [-0.25, -0.2) is 0 Å². The van der Waals surface area contributed by atoms with Gasteiger partial charge in [0.15, 0.2) is 0 Å². The Morgan fingerprint density at radius 1 is 0.282 bits per heavy atom. The van der Waals surface area contributed by atoms with Crippen molar-refractivity contribution in [3.8, 4) is 78.1 Å². The first-order valence-corrected chi connectivity index (χ1v) is 35.1. The van der Waals surface area contributed by atoms with Gasteiger partial charge in [0, 0.05) is 77.9 Å². The average Bonchev–Trinajstić information content (AvgIpc) is 1.26. The number of hydrogen-bond acceptors (Lipinski definition) is 2. The van der Waals surface area contributed by atoms with Crippen LogP contribution in [0.1, 0.15) is 70.5 Å². The largest absolute Gasteiger partial charge is 0.310 e. The van der Waals surface area contributed by atoms with E-state index >= 15 is 0 Å². The molecule has 17 aromatic rings. The Kier molecular flexibility index (Phi) is 11.5. The molecule has 2 aliphatic heterocycles. The molecule has 0 spiro atoms. The van der Waals surface area contributed by atoms with Crippen molar-refractivity contribution >= 4 is 101 Å². The van der Waals surface area contributed by atoms with E-state index in [0.717, 1.165) is 134 Å². The second-order valence-electron chi connectivity index (χ2n) is 29.0. The summed E-state index contributed by atoms with van der Waals surface area (Å²) in [6.07, 6.45) is 0. The Morgan fingerprint density at radius 3 is 1.26 bits per heavy atom. The van der Waals surface area contributed by atoms with E-state index in [2.05, 4.69) is 232 Å². The molecule has 0 radical (unpaired) electrons. The first-order valence-electron chi connectivity index (χ1n) is 41.6. The molecule has 19 rings (SSSR count). The fourth-order valence-corrected chi connectivity index (χ4v) is 16.1. The lowest BCUT2D eigenvalue weighted by atomic mass is 9.33. The molecule has 0 N–H and O–H groups in total. The van der Waals surface area contributed by atoms with E-state index in [-0.39, 0.29) is 44.9 Å². The molecule has 0 saturated carbocycles. The van der Waals surface area contributed by atoms with Crippen molar-refractivity contribution < 1.29 is 17.8 Å². The minimum atomic E-state index is -0.808. The van der Waals surface area contributed by atoms with Gasteiger partial charge in [0.1, 0.15) is 0 Å². The van der Waals surface area contributed by atoms with Crippen molar-refractivity contribution in [3.05, 3.63) is 357 Å². The quantitative estimate of drug-likeness (QED) is 0.127. The second-order valence-corrected chi connectivity index (χ2v) is 29.0. The van der Waals surface area contributed by atoms with Crippen LogP contribution in [0.2, 0.25) is 0 Å². The predicted molar refractivity (Wildman–Crippen MR) is 439 cm³/mol. The van der Waals surface area contributed by atoms with E-state index in [9.17, 15) is 13.7 Å². The highest BCUT2D eigenvalue weighted by atomic mass is 15.2. The topological polar surface area (TPSA) is 16.3 Å². The Morgan fingerprint density at radius 2 is 0.738 bits per heavy atom. The Bertz CT molecular complexity index is 6790. The Hall–Kier alpha value is -12.4. The fraction of sp³-hybridized carbons (Fsp3) is 0.0816. The van der Waals surface area contributed by atoms with Crippen LogP contribution in [-0.2, 0) is 10.8 Å². The van der Waals surface area contributed by atoms with Gasteiger partial charge in [-0.2, -0.15) is 0 Å². The average molecular weight is 1330 g/mol. The Labute approximate surface area is 621 Å². The second kappa shape index (κ2) is 24.1. The minimum Gasteiger partial charge on any atom is -0.310 e. The zero-order valence-corrected chi connectivity index (χ0v) is 57.8. The minimum absolute atomic E-state index is 0.0198. The summed E-state index contributed by atoms with van der Waals surface area (Å²) in [4.78, 5) is 4.78. The predicted octanol–water partition coefficient (Wildman–Crippen LogP) is 24.6. The molecule has 103 heavy (non-hydrogen) atoms. The number of rotatable bonds is 10. The number of nitrogens with zero attached hydrogens (tertiary/aromatic N) is 4. The lowest BCUT2D eigenvalue weighted by Crippen LogP contribution is -2.61. The van der Waals surface area contributed by atoms with Gasteiger partial charge in [0.2, 0.25) is 0 Å². The number of fused-ring (bicyclic) bond motifs is 10. The van der Waals surface area contributed by atoms with Crippen molar-refractivity contribution in [3.63, 3.8) is 0 Å². The molecular weight excluding hydrogens is 1240 g/mol. The summed E-state index contributed by atoms with van der Waals surface area (Å²) in [5.41, 5.74) is 20.7. The first-order chi connectivity index (χ1) is 55.8. The zero-order valence-electron chi connectivity index (χ0n) is 70.8. The molecule has 2 aromatic heterocycles. The highest BCUT2D eigenvalue weighted by Crippen LogP contribution is 2.56. The summed E-state index contributed by atoms with van der Waals surface area (Å²) >= 11 is 0. The first kappa shape index (κ1) is 49.2. The van der Waals surface area contributed by atoms with Gasteiger partial charge < -0.3 is 18.9 Å². The third-order valence-electron chi connectivity index (χ3n) is 20.9. The molecular formula is C98H75BN4. The van der Waals surface area contributed by atoms with Gasteiger partial charge in [-0.05, 0) is 174 Å². The van der Waals surface area contributed by atoms with E-state index in [4.69, 9.17) is 4.11 Å². The molecule has 0 unspecified atom stereocenters. The molecule has 4 heterocycles. The van der Waals surface area contributed by atoms with Crippen LogP contribution < -0.4 is 26.2 Å². The lowest BCUT2D eigenvalue weighted by molar-refractivity contribution is 0.590. The normalized spacial score (nSPS) is 14.5. The molecule has 15 aromatic carbocycles. The molecule has 0 amide bonds. The van der Waals surface area contributed by atoms with Crippen LogP contribution in [0.25, 0.3) is 122 Å². The van der Waals surface area contributed by atoms with Gasteiger partial charge in [-0.3, -0.25) is 0 Å². The maximum Gasteiger partial charge on any atom is 0.252 e. The van der Waals surface area contributed by atoms with E-state index in [0.29, 0.717) is 22.4 Å². The number of hydrogen-bond donors (Lipinski definition) is 0. The zero-order chi connectivity index (χ0) is 80.6. The monoisotopic (exact) mass is 1330 g/mol. The molecule has 0 saturated heterocycles. The number of aromatic nitrogens is 2. The smallest absolute Gasteiger partial charge is 0.252 e. The van der Waals surface area contributed by atoms with Gasteiger partial charge in [0.05, 0.1) is 51.3 Å². The van der Waals surface area contributed by atoms with Crippen molar-refractivity contribution in [2.45, 2.75) is 52.4 Å². The van der Waals surface area contributed by atoms with Crippen LogP contribution in [0.4, 0.5) is 34.1 Å². The van der Waals surface area contributed by atoms with Gasteiger partial charge in [-0.15, -0.1) is 0 Å². The fourth-order valence-electron chi connectivity index (χ4n) is 16.1. The molecule has 490 valence electrons. The summed E-state index contributed by atoms with van der Waals surface area (Å²) in [5, 5.41) is 1.90. The lowest BCUT2D eigenvalue weighted by Gasteiger charge is -2.46. The van der Waals surface area contributed by atoms with Crippen LogP contribution in [-0.4, -0.2) is 15.8 Å². The summed E-state index contributed by atoms with van der Waals surface area (Å²) < 4.78 is 127. The molecule has 2 aliphatic rings. The highest BCUT2D eigenvalue weighted by Gasteiger charge is 2.46. The molecule has 0 aliphatic carbocycles. The van der Waals surface area contributed by atoms with E-state index in [1.807, 2.05) is 91.0 Å². The van der Waals surface area contributed by atoms with Crippen molar-refractivity contribution in [2.75, 3.05) is 9.80 Å². The Balaban J connectivity index is 1.06. The van der Waals surface area contributed by atoms with Gasteiger partial charge in [-0.1, -0.05) is 296 Å². The number of para-hydroxylation sites is 4. The van der Waals surface area contributed by atoms with Crippen LogP contribution in [0.3, 0.4) is 0 Å². The maximum atomic E-state index is 9.94. The molecule has 4 nitrogen and oxygen atoms in total. The van der Waals surface area contributed by atoms with E-state index < -0.39 is 78.6 Å². The van der Waals surface area contributed by atoms with E-state index in [1.54, 1.807) is 4.57 Å². The SMILES string of the molecule is [2H]c1c([2H])c([2H])c(-c2ccc3c(c2)B2c4ccc(-n5c6c([2H])c([2H])c([2H])c([2H])c6c6c([2H])c([2H])c([2H])c([2H])c65)cc4N(c4c(-c5ccccc5)cc(C(C)(C)C)cc4-c4ccccc4)c4cc(-c5cccc6c5c5ccccc5n6-c5ccccc5)cc(c42)N3c2c(-c3ccccc3)cc(C(C)(C)C)cc2-c2ccccc2)c([2H])c1[2H]. The van der Waals surface area contributed by atoms with Crippen LogP contribution >= 0.6 is 0 Å². The van der Waals surface area contributed by atoms with Crippen LogP contribution in [0.5, 0.6) is 0 Å². The van der Waals surface area contributed by atoms with Gasteiger partial charge >= 0.3 is 0 Å². The summed E-state index contributed by atoms with van der Waals surface area (Å²) in [6.45, 7) is 12.6. The summed E-state index contributed by atoms with van der Waals surface area (Å²) in [6, 6.07) is 86.7. The molecule has 0 atom stereocenters. The highest BCUT2D eigenvalue weighted by molar-refractivity contribution is 7.00. The number of anilines is 6. The number of benzene rings is 15. The van der Waals surface area contributed by atoms with Crippen molar-refractivity contribution in [2.24, 2.45) is 0 Å². The van der Waals surface area contributed by atoms with Crippen molar-refractivity contribution in [1.82, 2.24) is 9.13 Å². The van der Waals surface area contributed by atoms with Crippen LogP contribution in [0, 0.1) is 0 Å². The third-order valence-corrected chi connectivity index (χ3v) is 20.9. The molecule has 5 heteroatoms. The summed E-state index contributed by atoms with van der Waals surface area (Å²) in [7, 11) is 0. The standard InChI is InChI=1S/C98H75BN4/c1-97(2,3)71-59-79(65-34-15-8-16-35-65)95(80(60-71)66-36-17-9-18-37-66)102-88-55-52-69(64-32-13-7-14-33-64)56-84(88)99-83-54-53-74(101-85-48-28-25-44-76(85)77-45-26-29-49-86(77)101)63-90(83)103(96-81(67-38-19-10-20-39-67)61-72(98(4,5)6)62-82(96)68-40-21-11-22-41-68)92-58-70(57-91(102)94(92)99)75-47-31-51-89-93(75)78-46-27-30-50-87(78)100(89)73-42-23-12-24-43-73/h7-63H,1-6H3/i7D,13D,14D,25D,26D,28D,29D,32D,33D,44D,45D,48D,49D. The van der Waals surface area contributed by atoms with Crippen LogP contribution in [0.15, 0.2) is 345 Å². The van der Waals surface area contributed by atoms with Gasteiger partial charge in [0.25, 0.3) is 6.71 Å². The van der Waals surface area contributed by atoms with Crippen molar-refractivity contribution in [1.29, 1.82) is 0 Å².